The van der Waals surface area contributed by atoms with Gasteiger partial charge < -0.3 is 43.4 Å². The summed E-state index contributed by atoms with van der Waals surface area (Å²) in [6.45, 7) is 48.5. The SMILES string of the molecule is C.C.C=C(C)[C@@H](OC(=O)N1CCC1)[C@H]1C[C@@H](C)[C@H]2[C@H](O1)[C@H](O[Si](CC)(CC)CC)[C@@]1(C)[C@@H]3CC[C@H]4C(C)(C)C(C)CC[C@@]45C[C@@]35CC[C@]21C.CC(C)[C@@H](OC(=O)N1CCC1)[C@H]1C[C@@H](C)[C@H]2[C@H](O1)[C@H](O)[C@@]1(C)[C@@H]3CC[C@H]4C(C)(C)C(O)CC[C@@]45C[C@@]35CC[C@]21C. The van der Waals surface area contributed by atoms with Gasteiger partial charge in [-0.15, -0.1) is 0 Å². The van der Waals surface area contributed by atoms with Crippen LogP contribution in [0.3, 0.4) is 0 Å². The molecule has 4 saturated heterocycles. The monoisotopic (exact) mass is 1260 g/mol. The topological polar surface area (TPSA) is 127 Å². The first-order chi connectivity index (χ1) is 40.9. The number of fused-ring (bicyclic) bond motifs is 8. The summed E-state index contributed by atoms with van der Waals surface area (Å²) in [6, 6.07) is 3.49. The van der Waals surface area contributed by atoms with Crippen molar-refractivity contribution in [1.29, 1.82) is 0 Å². The zero-order valence-electron chi connectivity index (χ0n) is 58.0. The molecule has 14 aliphatic rings. The van der Waals surface area contributed by atoms with Gasteiger partial charge in [-0.1, -0.05) is 132 Å². The summed E-state index contributed by atoms with van der Waals surface area (Å²) in [4.78, 5) is 29.6. The fourth-order valence-electron chi connectivity index (χ4n) is 27.2. The van der Waals surface area contributed by atoms with Crippen molar-refractivity contribution in [3.63, 3.8) is 0 Å². The number of carbonyl (C=O) groups excluding carboxylic acids is 2. The van der Waals surface area contributed by atoms with Crippen LogP contribution in [0.1, 0.15) is 248 Å². The van der Waals surface area contributed by atoms with E-state index in [0.29, 0.717) is 68.5 Å². The molecule has 508 valence electrons. The van der Waals surface area contributed by atoms with E-state index in [1.807, 2.05) is 11.8 Å². The van der Waals surface area contributed by atoms with E-state index in [0.717, 1.165) is 113 Å². The molecule has 0 aromatic heterocycles. The molecule has 26 atom stereocenters. The van der Waals surface area contributed by atoms with Crippen LogP contribution in [0, 0.1) is 113 Å². The maximum Gasteiger partial charge on any atom is 0.410 e. The molecule has 4 heterocycles. The predicted molar refractivity (Wildman–Crippen MR) is 359 cm³/mol. The Hall–Kier alpha value is -1.70. The van der Waals surface area contributed by atoms with Crippen molar-refractivity contribution in [1.82, 2.24) is 9.80 Å². The molecule has 0 bridgehead atoms. The number of rotatable bonds is 11. The van der Waals surface area contributed by atoms with E-state index in [9.17, 15) is 19.8 Å². The van der Waals surface area contributed by atoms with Gasteiger partial charge in [0.05, 0.1) is 42.7 Å². The summed E-state index contributed by atoms with van der Waals surface area (Å²) in [5.41, 5.74) is 3.03. The summed E-state index contributed by atoms with van der Waals surface area (Å²) in [5.74, 6) is 5.24. The summed E-state index contributed by atoms with van der Waals surface area (Å²) >= 11 is 0. The zero-order valence-corrected chi connectivity index (χ0v) is 59.0. The fraction of sp³-hybridized carbons (Fsp3) is 0.948. The third-order valence-electron chi connectivity index (χ3n) is 33.0. The number of aliphatic hydroxyl groups excluding tert-OH is 2. The van der Waals surface area contributed by atoms with E-state index in [-0.39, 0.29) is 103 Å². The van der Waals surface area contributed by atoms with Gasteiger partial charge in [-0.25, -0.2) is 9.59 Å². The maximum atomic E-state index is 13.1. The normalized spacial score (nSPS) is 50.2. The number of ether oxygens (including phenoxy) is 4. The third kappa shape index (κ3) is 9.05. The number of nitrogens with zero attached hydrogens (tertiary/aromatic N) is 2. The van der Waals surface area contributed by atoms with E-state index < -0.39 is 20.5 Å². The van der Waals surface area contributed by atoms with Crippen LogP contribution in [0.25, 0.3) is 0 Å². The minimum absolute atomic E-state index is 0. The number of hydrogen-bond acceptors (Lipinski definition) is 9. The first kappa shape index (κ1) is 68.7. The highest BCUT2D eigenvalue weighted by atomic mass is 28.4. The fourth-order valence-corrected chi connectivity index (χ4v) is 30.1. The van der Waals surface area contributed by atoms with E-state index in [1.54, 1.807) is 4.90 Å². The van der Waals surface area contributed by atoms with Crippen LogP contribution in [-0.4, -0.2) is 122 Å². The summed E-state index contributed by atoms with van der Waals surface area (Å²) in [6.07, 6.45) is 19.5. The largest absolute Gasteiger partial charge is 0.443 e. The molecule has 4 spiro atoms. The minimum Gasteiger partial charge on any atom is -0.443 e. The smallest absolute Gasteiger partial charge is 0.410 e. The van der Waals surface area contributed by atoms with Crippen molar-refractivity contribution in [2.45, 2.75) is 321 Å². The summed E-state index contributed by atoms with van der Waals surface area (Å²) in [7, 11) is -1.97. The van der Waals surface area contributed by atoms with Gasteiger partial charge in [0.1, 0.15) is 6.10 Å². The molecule has 10 aliphatic carbocycles. The van der Waals surface area contributed by atoms with Crippen molar-refractivity contribution in [3.8, 4) is 0 Å². The first-order valence-electron chi connectivity index (χ1n) is 36.8. The average Bonchev–Trinajstić information content (AvgIpc) is 1.47. The van der Waals surface area contributed by atoms with Crippen molar-refractivity contribution in [2.24, 2.45) is 113 Å². The predicted octanol–water partition coefficient (Wildman–Crippen LogP) is 17.6. The molecule has 10 saturated carbocycles. The van der Waals surface area contributed by atoms with Crippen LogP contribution in [0.15, 0.2) is 12.2 Å². The van der Waals surface area contributed by atoms with Crippen LogP contribution < -0.4 is 0 Å². The molecule has 0 radical (unpaired) electrons. The number of likely N-dealkylation sites (tertiary alicyclic amines) is 2. The number of carbonyl (C=O) groups is 2. The lowest BCUT2D eigenvalue weighted by atomic mass is 9.41. The molecule has 0 aromatic carbocycles. The summed E-state index contributed by atoms with van der Waals surface area (Å²) < 4.78 is 34.7. The highest BCUT2D eigenvalue weighted by Gasteiger charge is 2.87. The van der Waals surface area contributed by atoms with Gasteiger partial charge in [0.15, 0.2) is 14.4 Å². The molecule has 14 fully saturated rings. The molecule has 11 nitrogen and oxygen atoms in total. The van der Waals surface area contributed by atoms with Crippen LogP contribution in [0.5, 0.6) is 0 Å². The summed E-state index contributed by atoms with van der Waals surface area (Å²) in [5, 5.41) is 23.4. The Kier molecular flexibility index (Phi) is 17.5. The maximum absolute atomic E-state index is 13.1. The van der Waals surface area contributed by atoms with Gasteiger partial charge in [-0.2, -0.15) is 0 Å². The van der Waals surface area contributed by atoms with Crippen molar-refractivity contribution in [2.75, 3.05) is 26.2 Å². The van der Waals surface area contributed by atoms with E-state index in [2.05, 4.69) is 117 Å². The van der Waals surface area contributed by atoms with Gasteiger partial charge in [-0.05, 0) is 249 Å². The highest BCUT2D eigenvalue weighted by Crippen LogP contribution is 2.91. The Balaban J connectivity index is 0.000000182. The number of hydrogen-bond donors (Lipinski definition) is 2. The molecule has 4 aliphatic heterocycles. The Morgan fingerprint density at radius 1 is 0.596 bits per heavy atom. The van der Waals surface area contributed by atoms with Gasteiger partial charge in [0.25, 0.3) is 0 Å². The molecule has 2 amide bonds. The molecule has 2 unspecified atom stereocenters. The zero-order chi connectivity index (χ0) is 62.6. The van der Waals surface area contributed by atoms with Crippen molar-refractivity contribution < 1.29 is 43.2 Å². The van der Waals surface area contributed by atoms with Crippen molar-refractivity contribution >= 4 is 20.5 Å². The second kappa shape index (κ2) is 22.7. The van der Waals surface area contributed by atoms with Gasteiger partial charge >= 0.3 is 12.2 Å². The Bertz CT molecular complexity index is 2660. The second-order valence-corrected chi connectivity index (χ2v) is 41.0. The standard InChI is InChI=1S/C41H69NO4Si.C34H55NO5.2CH4/c1-12-47(13-2,14-3)46-35-34-32(27(6)24-29(44-34)33(26(4)5)45-36(43)42-22-15-23-42)38(10)20-21-41-25-40(41)19-18-28(7)37(8,9)30(40)16-17-31(41)39(35,38)11;1-19(2)26(40-29(38)35-15-8-16-35)21-17-20(3)25-27(39-21)28(37)32(7)23-10-9-22-30(4,5)24(36)11-12-33(22)18-34(23,33)14-13-31(25,32)6;;/h27-35H,4,12-25H2,1-3,5-11H3;19-28,36-37H,8-18H2,1-7H3;2*1H4/t27-,28?,29-,30+,31+,32+,33-,34+,35+,38-,39-,40-,41+;20-,21-,22+,23+,24?,25+,26-,27+,28+,31-,32-,33-,34+;;/m11../s1. The molecule has 12 heteroatoms. The van der Waals surface area contributed by atoms with Gasteiger partial charge in [-0.3, -0.25) is 0 Å². The molecule has 2 N–H and O–H groups in total. The van der Waals surface area contributed by atoms with E-state index in [4.69, 9.17) is 23.4 Å². The van der Waals surface area contributed by atoms with Crippen LogP contribution in [0.4, 0.5) is 9.59 Å². The quantitative estimate of drug-likeness (QED) is 0.154. The van der Waals surface area contributed by atoms with Crippen LogP contribution in [0.2, 0.25) is 18.1 Å². The molecule has 14 rings (SSSR count). The van der Waals surface area contributed by atoms with Gasteiger partial charge in [0, 0.05) is 37.0 Å². The van der Waals surface area contributed by atoms with Crippen LogP contribution >= 0.6 is 0 Å². The second-order valence-electron chi connectivity index (χ2n) is 36.3. The highest BCUT2D eigenvalue weighted by molar-refractivity contribution is 6.73. The lowest BCUT2D eigenvalue weighted by molar-refractivity contribution is -0.185. The number of amides is 2. The Morgan fingerprint density at radius 3 is 1.55 bits per heavy atom. The lowest BCUT2D eigenvalue weighted by Crippen LogP contribution is -2.60. The van der Waals surface area contributed by atoms with E-state index in [1.165, 1.54) is 64.2 Å². The minimum atomic E-state index is -1.97. The third-order valence-corrected chi connectivity index (χ3v) is 37.6. The Labute approximate surface area is 543 Å². The number of aliphatic hydroxyl groups is 2. The molecular formula is C77H132N2O9Si. The van der Waals surface area contributed by atoms with E-state index >= 15 is 0 Å². The molecule has 89 heavy (non-hydrogen) atoms. The van der Waals surface area contributed by atoms with Gasteiger partial charge in [0.2, 0.25) is 0 Å². The average molecular weight is 1260 g/mol. The van der Waals surface area contributed by atoms with Crippen LogP contribution in [-0.2, 0) is 23.4 Å². The van der Waals surface area contributed by atoms with Crippen molar-refractivity contribution in [3.05, 3.63) is 12.2 Å². The molecular weight excluding hydrogens is 1120 g/mol. The first-order valence-corrected chi connectivity index (χ1v) is 39.3. The Morgan fingerprint density at radius 2 is 1.04 bits per heavy atom. The molecule has 0 aromatic rings. The lowest BCUT2D eigenvalue weighted by Gasteiger charge is -2.64.